The van der Waals surface area contributed by atoms with Crippen LogP contribution >= 0.6 is 11.8 Å². The predicted octanol–water partition coefficient (Wildman–Crippen LogP) is 7.00. The van der Waals surface area contributed by atoms with Crippen LogP contribution in [0.4, 0.5) is 11.4 Å². The quantitative estimate of drug-likeness (QED) is 0.109. The SMILES string of the molecule is COc1cc(NC(=O)CSc2ccc(NC(=O)/C(=C/c3cccc4ccccc34)NC(=O)c3ccccc3)cc2)cc(OC)c1. The van der Waals surface area contributed by atoms with Crippen LogP contribution in [0.25, 0.3) is 16.8 Å². The van der Waals surface area contributed by atoms with Gasteiger partial charge in [-0.2, -0.15) is 0 Å². The topological polar surface area (TPSA) is 106 Å². The van der Waals surface area contributed by atoms with E-state index in [2.05, 4.69) is 16.0 Å². The van der Waals surface area contributed by atoms with Crippen LogP contribution < -0.4 is 25.4 Å². The Morgan fingerprint density at radius 1 is 0.711 bits per heavy atom. The Bertz CT molecular complexity index is 1830. The molecule has 5 rings (SSSR count). The fourth-order valence-corrected chi connectivity index (χ4v) is 5.23. The zero-order chi connectivity index (χ0) is 31.6. The first-order valence-electron chi connectivity index (χ1n) is 14.0. The molecule has 45 heavy (non-hydrogen) atoms. The van der Waals surface area contributed by atoms with E-state index in [9.17, 15) is 14.4 Å². The van der Waals surface area contributed by atoms with Crippen molar-refractivity contribution in [2.45, 2.75) is 4.90 Å². The van der Waals surface area contributed by atoms with Gasteiger partial charge in [-0.3, -0.25) is 14.4 Å². The van der Waals surface area contributed by atoms with Crippen molar-refractivity contribution in [2.75, 3.05) is 30.6 Å². The minimum absolute atomic E-state index is 0.101. The van der Waals surface area contributed by atoms with Gasteiger partial charge in [0.05, 0.1) is 20.0 Å². The van der Waals surface area contributed by atoms with Crippen molar-refractivity contribution in [3.8, 4) is 11.5 Å². The third-order valence-electron chi connectivity index (χ3n) is 6.77. The van der Waals surface area contributed by atoms with E-state index < -0.39 is 11.8 Å². The molecule has 0 aromatic heterocycles. The van der Waals surface area contributed by atoms with Crippen molar-refractivity contribution >= 4 is 57.7 Å². The van der Waals surface area contributed by atoms with Crippen molar-refractivity contribution in [1.29, 1.82) is 0 Å². The molecule has 0 aliphatic heterocycles. The number of fused-ring (bicyclic) bond motifs is 1. The Morgan fingerprint density at radius 3 is 2.09 bits per heavy atom. The number of hydrogen-bond donors (Lipinski definition) is 3. The van der Waals surface area contributed by atoms with Crippen LogP contribution in [0, 0.1) is 0 Å². The Labute approximate surface area is 265 Å². The molecule has 5 aromatic rings. The second-order valence-electron chi connectivity index (χ2n) is 9.86. The summed E-state index contributed by atoms with van der Waals surface area (Å²) >= 11 is 1.35. The normalized spacial score (nSPS) is 11.0. The zero-order valence-electron chi connectivity index (χ0n) is 24.7. The molecule has 8 nitrogen and oxygen atoms in total. The van der Waals surface area contributed by atoms with Gasteiger partial charge in [-0.05, 0) is 58.8 Å². The number of benzene rings is 5. The van der Waals surface area contributed by atoms with Gasteiger partial charge in [0.25, 0.3) is 11.8 Å². The van der Waals surface area contributed by atoms with Crippen LogP contribution in [0.15, 0.2) is 126 Å². The van der Waals surface area contributed by atoms with E-state index in [4.69, 9.17) is 9.47 Å². The van der Waals surface area contributed by atoms with E-state index in [1.807, 2.05) is 60.7 Å². The Balaban J connectivity index is 1.27. The summed E-state index contributed by atoms with van der Waals surface area (Å²) < 4.78 is 10.5. The van der Waals surface area contributed by atoms with Crippen molar-refractivity contribution in [2.24, 2.45) is 0 Å². The van der Waals surface area contributed by atoms with E-state index >= 15 is 0 Å². The maximum atomic E-state index is 13.5. The summed E-state index contributed by atoms with van der Waals surface area (Å²) in [5, 5.41) is 10.5. The maximum absolute atomic E-state index is 13.5. The molecule has 0 spiro atoms. The second-order valence-corrected chi connectivity index (χ2v) is 10.9. The van der Waals surface area contributed by atoms with E-state index in [1.54, 1.807) is 74.9 Å². The molecule has 0 heterocycles. The third kappa shape index (κ3) is 8.31. The van der Waals surface area contributed by atoms with E-state index in [-0.39, 0.29) is 17.4 Å². The van der Waals surface area contributed by atoms with Gasteiger partial charge in [-0.1, -0.05) is 60.7 Å². The number of carbonyl (C=O) groups excluding carboxylic acids is 3. The molecule has 0 aliphatic rings. The lowest BCUT2D eigenvalue weighted by Gasteiger charge is -2.13. The second kappa shape index (κ2) is 14.8. The fourth-order valence-electron chi connectivity index (χ4n) is 4.53. The monoisotopic (exact) mass is 617 g/mol. The summed E-state index contributed by atoms with van der Waals surface area (Å²) in [6, 6.07) is 34.7. The molecule has 9 heteroatoms. The molecule has 0 bridgehead atoms. The largest absolute Gasteiger partial charge is 0.497 e. The lowest BCUT2D eigenvalue weighted by atomic mass is 10.0. The molecule has 0 fully saturated rings. The number of methoxy groups -OCH3 is 2. The number of hydrogen-bond acceptors (Lipinski definition) is 6. The van der Waals surface area contributed by atoms with Gasteiger partial charge in [-0.15, -0.1) is 11.8 Å². The lowest BCUT2D eigenvalue weighted by molar-refractivity contribution is -0.114. The predicted molar refractivity (Wildman–Crippen MR) is 180 cm³/mol. The highest BCUT2D eigenvalue weighted by atomic mass is 32.2. The van der Waals surface area contributed by atoms with E-state index in [1.165, 1.54) is 11.8 Å². The smallest absolute Gasteiger partial charge is 0.272 e. The molecule has 5 aromatic carbocycles. The van der Waals surface area contributed by atoms with Crippen LogP contribution in [0.1, 0.15) is 15.9 Å². The van der Waals surface area contributed by atoms with Gasteiger partial charge in [0.2, 0.25) is 5.91 Å². The highest BCUT2D eigenvalue weighted by Crippen LogP contribution is 2.27. The van der Waals surface area contributed by atoms with Gasteiger partial charge >= 0.3 is 0 Å². The molecule has 0 aliphatic carbocycles. The standard InChI is InChI=1S/C36H31N3O5S/c1-43-29-20-28(21-30(22-29)44-2)37-34(40)23-45-31-17-15-27(16-18-31)38-36(42)33(39-35(41)25-10-4-3-5-11-25)19-26-13-8-12-24-9-6-7-14-32(24)26/h3-22H,23H2,1-2H3,(H,37,40)(H,38,42)(H,39,41)/b33-19-. The average molecular weight is 618 g/mol. The molecular formula is C36H31N3O5S. The summed E-state index contributed by atoms with van der Waals surface area (Å²) in [7, 11) is 3.09. The minimum Gasteiger partial charge on any atom is -0.497 e. The van der Waals surface area contributed by atoms with Gasteiger partial charge < -0.3 is 25.4 Å². The molecule has 3 amide bonds. The lowest BCUT2D eigenvalue weighted by Crippen LogP contribution is -2.30. The summed E-state index contributed by atoms with van der Waals surface area (Å²) in [5.74, 6) is 0.268. The number of nitrogens with one attached hydrogen (secondary N) is 3. The van der Waals surface area contributed by atoms with Gasteiger partial charge in [0.15, 0.2) is 0 Å². The Hall–Kier alpha value is -5.54. The van der Waals surface area contributed by atoms with E-state index in [0.717, 1.165) is 21.2 Å². The Kier molecular flexibility index (Phi) is 10.1. The van der Waals surface area contributed by atoms with Crippen LogP contribution in [-0.4, -0.2) is 37.7 Å². The van der Waals surface area contributed by atoms with E-state index in [0.29, 0.717) is 28.4 Å². The fraction of sp³-hybridized carbons (Fsp3) is 0.0833. The first kappa shape index (κ1) is 30.9. The summed E-state index contributed by atoms with van der Waals surface area (Å²) in [4.78, 5) is 40.0. The Morgan fingerprint density at radius 2 is 1.38 bits per heavy atom. The summed E-state index contributed by atoms with van der Waals surface area (Å²) in [6.45, 7) is 0. The van der Waals surface area contributed by atoms with Gasteiger partial charge in [0.1, 0.15) is 17.2 Å². The minimum atomic E-state index is -0.472. The molecule has 0 atom stereocenters. The maximum Gasteiger partial charge on any atom is 0.272 e. The van der Waals surface area contributed by atoms with Crippen molar-refractivity contribution < 1.29 is 23.9 Å². The van der Waals surface area contributed by atoms with Crippen LogP contribution in [0.3, 0.4) is 0 Å². The molecular weight excluding hydrogens is 586 g/mol. The summed E-state index contributed by atoms with van der Waals surface area (Å²) in [6.07, 6.45) is 1.68. The highest BCUT2D eigenvalue weighted by Gasteiger charge is 2.16. The number of anilines is 2. The van der Waals surface area contributed by atoms with Crippen molar-refractivity contribution in [3.05, 3.63) is 132 Å². The number of thioether (sulfide) groups is 1. The van der Waals surface area contributed by atoms with Crippen LogP contribution in [0.2, 0.25) is 0 Å². The molecule has 0 saturated carbocycles. The van der Waals surface area contributed by atoms with Crippen LogP contribution in [-0.2, 0) is 9.59 Å². The zero-order valence-corrected chi connectivity index (χ0v) is 25.5. The number of ether oxygens (including phenoxy) is 2. The molecule has 0 saturated heterocycles. The van der Waals surface area contributed by atoms with Crippen molar-refractivity contribution in [1.82, 2.24) is 5.32 Å². The van der Waals surface area contributed by atoms with Crippen molar-refractivity contribution in [3.63, 3.8) is 0 Å². The first-order chi connectivity index (χ1) is 21.9. The van der Waals surface area contributed by atoms with Gasteiger partial charge in [0, 0.05) is 40.0 Å². The number of amides is 3. The molecule has 3 N–H and O–H groups in total. The molecule has 226 valence electrons. The number of carbonyl (C=O) groups is 3. The highest BCUT2D eigenvalue weighted by molar-refractivity contribution is 8.00. The average Bonchev–Trinajstić information content (AvgIpc) is 3.07. The molecule has 0 radical (unpaired) electrons. The summed E-state index contributed by atoms with van der Waals surface area (Å²) in [5.41, 5.74) is 2.44. The first-order valence-corrected chi connectivity index (χ1v) is 15.0. The molecule has 0 unspecified atom stereocenters. The van der Waals surface area contributed by atoms with Gasteiger partial charge in [-0.25, -0.2) is 0 Å². The number of rotatable bonds is 11. The third-order valence-corrected chi connectivity index (χ3v) is 7.78. The van der Waals surface area contributed by atoms with Crippen LogP contribution in [0.5, 0.6) is 11.5 Å².